The third-order valence-corrected chi connectivity index (χ3v) is 3.50. The zero-order chi connectivity index (χ0) is 15.9. The molecule has 0 bridgehead atoms. The van der Waals surface area contributed by atoms with Crippen LogP contribution in [-0.2, 0) is 12.8 Å². The van der Waals surface area contributed by atoms with Gasteiger partial charge < -0.3 is 14.6 Å². The Balaban J connectivity index is 2.06. The van der Waals surface area contributed by atoms with E-state index in [-0.39, 0.29) is 0 Å². The Bertz CT molecular complexity index is 634. The quantitative estimate of drug-likeness (QED) is 0.852. The molecule has 0 aliphatic heterocycles. The summed E-state index contributed by atoms with van der Waals surface area (Å²) in [6.07, 6.45) is 3.46. The van der Waals surface area contributed by atoms with Gasteiger partial charge in [0, 0.05) is 18.5 Å². The third-order valence-electron chi connectivity index (χ3n) is 3.50. The molecular formula is C17H23N3O2. The Morgan fingerprint density at radius 3 is 2.91 bits per heavy atom. The van der Waals surface area contributed by atoms with Gasteiger partial charge in [0.15, 0.2) is 5.82 Å². The van der Waals surface area contributed by atoms with Gasteiger partial charge >= 0.3 is 0 Å². The first-order chi connectivity index (χ1) is 10.6. The number of methoxy groups -OCH3 is 1. The summed E-state index contributed by atoms with van der Waals surface area (Å²) in [6, 6.07) is 8.32. The van der Waals surface area contributed by atoms with Gasteiger partial charge in [-0.05, 0) is 38.9 Å². The lowest BCUT2D eigenvalue weighted by Crippen LogP contribution is -2.24. The van der Waals surface area contributed by atoms with Gasteiger partial charge in [-0.1, -0.05) is 28.9 Å². The van der Waals surface area contributed by atoms with E-state index in [1.807, 2.05) is 38.2 Å². The SMILES string of the molecule is CNC(C)Cc1noc(/C=C(/C)Cc2ccccc2OC)n1. The van der Waals surface area contributed by atoms with Crippen LogP contribution >= 0.6 is 0 Å². The Labute approximate surface area is 131 Å². The normalized spacial score (nSPS) is 13.2. The van der Waals surface area contributed by atoms with Gasteiger partial charge in [-0.15, -0.1) is 0 Å². The average molecular weight is 301 g/mol. The molecule has 0 fully saturated rings. The maximum absolute atomic E-state index is 5.37. The molecule has 2 aromatic rings. The molecule has 5 nitrogen and oxygen atoms in total. The fourth-order valence-corrected chi connectivity index (χ4v) is 2.20. The van der Waals surface area contributed by atoms with Crippen LogP contribution in [-0.4, -0.2) is 30.3 Å². The van der Waals surface area contributed by atoms with Crippen molar-refractivity contribution >= 4 is 6.08 Å². The van der Waals surface area contributed by atoms with Gasteiger partial charge in [-0.3, -0.25) is 0 Å². The van der Waals surface area contributed by atoms with Gasteiger partial charge in [0.05, 0.1) is 7.11 Å². The largest absolute Gasteiger partial charge is 0.496 e. The first-order valence-electron chi connectivity index (χ1n) is 7.41. The summed E-state index contributed by atoms with van der Waals surface area (Å²) in [5.74, 6) is 2.16. The van der Waals surface area contributed by atoms with Crippen molar-refractivity contribution in [3.63, 3.8) is 0 Å². The highest BCUT2D eigenvalue weighted by Crippen LogP contribution is 2.21. The highest BCUT2D eigenvalue weighted by molar-refractivity contribution is 5.46. The Hall–Kier alpha value is -2.14. The lowest BCUT2D eigenvalue weighted by Gasteiger charge is -2.07. The minimum atomic E-state index is 0.323. The van der Waals surface area contributed by atoms with Crippen molar-refractivity contribution in [1.29, 1.82) is 0 Å². The fraction of sp³-hybridized carbons (Fsp3) is 0.412. The number of ether oxygens (including phenoxy) is 1. The van der Waals surface area contributed by atoms with Crippen LogP contribution in [0.5, 0.6) is 5.75 Å². The number of para-hydroxylation sites is 1. The molecule has 5 heteroatoms. The molecule has 22 heavy (non-hydrogen) atoms. The van der Waals surface area contributed by atoms with Crippen molar-refractivity contribution in [2.75, 3.05) is 14.2 Å². The zero-order valence-corrected chi connectivity index (χ0v) is 13.6. The Morgan fingerprint density at radius 2 is 2.18 bits per heavy atom. The maximum Gasteiger partial charge on any atom is 0.250 e. The number of benzene rings is 1. The monoisotopic (exact) mass is 301 g/mol. The average Bonchev–Trinajstić information content (AvgIpc) is 2.94. The van der Waals surface area contributed by atoms with E-state index in [9.17, 15) is 0 Å². The predicted octanol–water partition coefficient (Wildman–Crippen LogP) is 2.87. The number of rotatable bonds is 7. The van der Waals surface area contributed by atoms with Crippen LogP contribution in [0.4, 0.5) is 0 Å². The highest BCUT2D eigenvalue weighted by Gasteiger charge is 2.09. The minimum Gasteiger partial charge on any atom is -0.496 e. The van der Waals surface area contributed by atoms with Gasteiger partial charge in [0.2, 0.25) is 0 Å². The summed E-state index contributed by atoms with van der Waals surface area (Å²) in [5, 5.41) is 7.16. The molecule has 1 aromatic heterocycles. The Kier molecular flexibility index (Phi) is 5.72. The van der Waals surface area contributed by atoms with Crippen LogP contribution in [0.15, 0.2) is 34.4 Å². The molecule has 2 rings (SSSR count). The molecule has 0 aliphatic carbocycles. The van der Waals surface area contributed by atoms with Crippen molar-refractivity contribution in [3.05, 3.63) is 47.1 Å². The van der Waals surface area contributed by atoms with Crippen molar-refractivity contribution in [3.8, 4) is 5.75 Å². The van der Waals surface area contributed by atoms with E-state index in [0.717, 1.165) is 35.6 Å². The van der Waals surface area contributed by atoms with Crippen molar-refractivity contribution in [2.45, 2.75) is 32.7 Å². The lowest BCUT2D eigenvalue weighted by atomic mass is 10.1. The number of nitrogens with zero attached hydrogens (tertiary/aromatic N) is 2. The molecular weight excluding hydrogens is 278 g/mol. The second-order valence-electron chi connectivity index (χ2n) is 5.42. The van der Waals surface area contributed by atoms with Crippen LogP contribution in [0.2, 0.25) is 0 Å². The number of hydrogen-bond donors (Lipinski definition) is 1. The van der Waals surface area contributed by atoms with Gasteiger partial charge in [-0.2, -0.15) is 4.98 Å². The van der Waals surface area contributed by atoms with E-state index in [1.165, 1.54) is 0 Å². The maximum atomic E-state index is 5.37. The predicted molar refractivity (Wildman–Crippen MR) is 86.9 cm³/mol. The summed E-state index contributed by atoms with van der Waals surface area (Å²) < 4.78 is 10.6. The second kappa shape index (κ2) is 7.75. The topological polar surface area (TPSA) is 60.2 Å². The number of aromatic nitrogens is 2. The molecule has 1 heterocycles. The molecule has 1 aromatic carbocycles. The third kappa shape index (κ3) is 4.43. The summed E-state index contributed by atoms with van der Waals surface area (Å²) in [5.41, 5.74) is 2.28. The molecule has 118 valence electrons. The van der Waals surface area contributed by atoms with E-state index in [4.69, 9.17) is 9.26 Å². The summed E-state index contributed by atoms with van der Waals surface area (Å²) in [4.78, 5) is 4.40. The molecule has 1 atom stereocenters. The molecule has 1 N–H and O–H groups in total. The van der Waals surface area contributed by atoms with E-state index in [1.54, 1.807) is 7.11 Å². The van der Waals surface area contributed by atoms with E-state index in [0.29, 0.717) is 11.9 Å². The molecule has 0 amide bonds. The second-order valence-corrected chi connectivity index (χ2v) is 5.42. The van der Waals surface area contributed by atoms with E-state index >= 15 is 0 Å². The molecule has 0 saturated heterocycles. The van der Waals surface area contributed by atoms with Crippen molar-refractivity contribution in [1.82, 2.24) is 15.5 Å². The lowest BCUT2D eigenvalue weighted by molar-refractivity contribution is 0.399. The smallest absolute Gasteiger partial charge is 0.250 e. The van der Waals surface area contributed by atoms with Gasteiger partial charge in [-0.25, -0.2) is 0 Å². The number of nitrogens with one attached hydrogen (secondary N) is 1. The summed E-state index contributed by atoms with van der Waals surface area (Å²) in [6.45, 7) is 4.13. The summed E-state index contributed by atoms with van der Waals surface area (Å²) >= 11 is 0. The van der Waals surface area contributed by atoms with Crippen LogP contribution in [0, 0.1) is 0 Å². The number of hydrogen-bond acceptors (Lipinski definition) is 5. The zero-order valence-electron chi connectivity index (χ0n) is 13.6. The molecule has 0 spiro atoms. The summed E-state index contributed by atoms with van der Waals surface area (Å²) in [7, 11) is 3.61. The van der Waals surface area contributed by atoms with Crippen molar-refractivity contribution in [2.24, 2.45) is 0 Å². The first kappa shape index (κ1) is 16.2. The van der Waals surface area contributed by atoms with Crippen molar-refractivity contribution < 1.29 is 9.26 Å². The molecule has 0 saturated carbocycles. The van der Waals surface area contributed by atoms with E-state index in [2.05, 4.69) is 28.4 Å². The van der Waals surface area contributed by atoms with Gasteiger partial charge in [0.1, 0.15) is 5.75 Å². The van der Waals surface area contributed by atoms with Crippen LogP contribution < -0.4 is 10.1 Å². The van der Waals surface area contributed by atoms with Gasteiger partial charge in [0.25, 0.3) is 5.89 Å². The van der Waals surface area contributed by atoms with Crippen LogP contribution in [0.25, 0.3) is 6.08 Å². The number of likely N-dealkylation sites (N-methyl/N-ethyl adjacent to an activating group) is 1. The number of allylic oxidation sites excluding steroid dienone is 1. The first-order valence-corrected chi connectivity index (χ1v) is 7.41. The molecule has 1 unspecified atom stereocenters. The minimum absolute atomic E-state index is 0.323. The van der Waals surface area contributed by atoms with Crippen LogP contribution in [0.3, 0.4) is 0 Å². The van der Waals surface area contributed by atoms with Crippen LogP contribution in [0.1, 0.15) is 31.1 Å². The molecule has 0 radical (unpaired) electrons. The molecule has 0 aliphatic rings. The fourth-order valence-electron chi connectivity index (χ4n) is 2.20. The van der Waals surface area contributed by atoms with E-state index < -0.39 is 0 Å². The standard InChI is InChI=1S/C17H23N3O2/c1-12(9-14-7-5-6-8-15(14)21-4)10-17-19-16(20-22-17)11-13(2)18-3/h5-8,10,13,18H,9,11H2,1-4H3/b12-10-. The Morgan fingerprint density at radius 1 is 1.41 bits per heavy atom. The highest BCUT2D eigenvalue weighted by atomic mass is 16.5.